The maximum Gasteiger partial charge on any atom is 0.203 e. The number of methoxy groups -OCH3 is 3. The largest absolute Gasteiger partial charge is 0.493 e. The highest BCUT2D eigenvalue weighted by atomic mass is 16.5. The molecule has 1 aromatic carbocycles. The lowest BCUT2D eigenvalue weighted by Gasteiger charge is -2.16. The molecule has 0 heterocycles. The molecule has 0 bridgehead atoms. The fourth-order valence-corrected chi connectivity index (χ4v) is 1.80. The molecule has 0 spiro atoms. The molecular weight excluding hydrogens is 244 g/mol. The highest BCUT2D eigenvalue weighted by Crippen LogP contribution is 2.38. The van der Waals surface area contributed by atoms with Crippen LogP contribution in [0.3, 0.4) is 0 Å². The van der Waals surface area contributed by atoms with Gasteiger partial charge in [0.25, 0.3) is 0 Å². The van der Waals surface area contributed by atoms with Crippen molar-refractivity contribution in [3.8, 4) is 23.3 Å². The van der Waals surface area contributed by atoms with Gasteiger partial charge in [-0.1, -0.05) is 0 Å². The number of nitriles is 1. The Morgan fingerprint density at radius 3 is 2.11 bits per heavy atom. The van der Waals surface area contributed by atoms with Crippen LogP contribution < -0.4 is 14.2 Å². The topological polar surface area (TPSA) is 54.7 Å². The van der Waals surface area contributed by atoms with Crippen LogP contribution >= 0.6 is 0 Å². The summed E-state index contributed by atoms with van der Waals surface area (Å²) in [5, 5.41) is 8.62. The van der Waals surface area contributed by atoms with Crippen molar-refractivity contribution in [3.05, 3.63) is 17.7 Å². The molecule has 0 aliphatic rings. The zero-order chi connectivity index (χ0) is 14.3. The molecule has 0 aliphatic carbocycles. The summed E-state index contributed by atoms with van der Waals surface area (Å²) < 4.78 is 15.9. The Labute approximate surface area is 114 Å². The lowest BCUT2D eigenvalue weighted by atomic mass is 10.1. The first-order chi connectivity index (χ1) is 9.15. The summed E-state index contributed by atoms with van der Waals surface area (Å²) in [5.41, 5.74) is 1.08. The van der Waals surface area contributed by atoms with Crippen molar-refractivity contribution in [2.75, 3.05) is 41.5 Å². The third kappa shape index (κ3) is 4.04. The Bertz CT molecular complexity index is 429. The molecule has 0 amide bonds. The molecule has 0 fully saturated rings. The van der Waals surface area contributed by atoms with E-state index in [1.54, 1.807) is 21.3 Å². The standard InChI is InChI=1S/C14H20N2O3/c1-16(8-6-15)7-5-11-9-12(17-2)14(19-4)13(10-11)18-3/h9-10H,5,7-8H2,1-4H3. The van der Waals surface area contributed by atoms with Crippen LogP contribution in [0.1, 0.15) is 5.56 Å². The van der Waals surface area contributed by atoms with Crippen molar-refractivity contribution < 1.29 is 14.2 Å². The van der Waals surface area contributed by atoms with Crippen LogP contribution in [0.15, 0.2) is 12.1 Å². The summed E-state index contributed by atoms with van der Waals surface area (Å²) in [6.07, 6.45) is 0.814. The maximum atomic E-state index is 8.62. The van der Waals surface area contributed by atoms with Crippen molar-refractivity contribution in [3.63, 3.8) is 0 Å². The van der Waals surface area contributed by atoms with Gasteiger partial charge in [-0.2, -0.15) is 5.26 Å². The van der Waals surface area contributed by atoms with E-state index < -0.39 is 0 Å². The molecule has 0 unspecified atom stereocenters. The molecular formula is C14H20N2O3. The van der Waals surface area contributed by atoms with Gasteiger partial charge in [-0.3, -0.25) is 4.90 Å². The first-order valence-corrected chi connectivity index (χ1v) is 6.00. The quantitative estimate of drug-likeness (QED) is 0.702. The van der Waals surface area contributed by atoms with E-state index in [1.807, 2.05) is 24.1 Å². The van der Waals surface area contributed by atoms with Gasteiger partial charge in [0.2, 0.25) is 5.75 Å². The Morgan fingerprint density at radius 2 is 1.68 bits per heavy atom. The number of hydrogen-bond acceptors (Lipinski definition) is 5. The number of ether oxygens (including phenoxy) is 3. The third-order valence-electron chi connectivity index (χ3n) is 2.85. The predicted octanol–water partition coefficient (Wildman–Crippen LogP) is 1.71. The summed E-state index contributed by atoms with van der Waals surface area (Å²) in [6.45, 7) is 1.22. The fraction of sp³-hybridized carbons (Fsp3) is 0.500. The van der Waals surface area contributed by atoms with E-state index in [1.165, 1.54) is 0 Å². The van der Waals surface area contributed by atoms with E-state index in [-0.39, 0.29) is 0 Å². The van der Waals surface area contributed by atoms with Crippen molar-refractivity contribution in [2.24, 2.45) is 0 Å². The molecule has 0 saturated carbocycles. The average Bonchev–Trinajstić information content (AvgIpc) is 2.44. The second-order valence-corrected chi connectivity index (χ2v) is 4.18. The van der Waals surface area contributed by atoms with Gasteiger partial charge in [-0.15, -0.1) is 0 Å². The maximum absolute atomic E-state index is 8.62. The van der Waals surface area contributed by atoms with E-state index >= 15 is 0 Å². The molecule has 19 heavy (non-hydrogen) atoms. The monoisotopic (exact) mass is 264 g/mol. The summed E-state index contributed by atoms with van der Waals surface area (Å²) in [6, 6.07) is 5.99. The second kappa shape index (κ2) is 7.49. The van der Waals surface area contributed by atoms with E-state index in [0.717, 1.165) is 18.5 Å². The number of benzene rings is 1. The smallest absolute Gasteiger partial charge is 0.203 e. The fourth-order valence-electron chi connectivity index (χ4n) is 1.80. The Hall–Kier alpha value is -1.93. The molecule has 0 radical (unpaired) electrons. The van der Waals surface area contributed by atoms with Gasteiger partial charge < -0.3 is 14.2 Å². The highest BCUT2D eigenvalue weighted by Gasteiger charge is 2.13. The Kier molecular flexibility index (Phi) is 5.97. The van der Waals surface area contributed by atoms with Gasteiger partial charge in [0.15, 0.2) is 11.5 Å². The molecule has 0 aromatic heterocycles. The summed E-state index contributed by atoms with van der Waals surface area (Å²) in [5.74, 6) is 1.90. The highest BCUT2D eigenvalue weighted by molar-refractivity contribution is 5.53. The molecule has 0 aliphatic heterocycles. The van der Waals surface area contributed by atoms with Crippen LogP contribution in [0.2, 0.25) is 0 Å². The molecule has 0 atom stereocenters. The SMILES string of the molecule is COc1cc(CCN(C)CC#N)cc(OC)c1OC. The molecule has 5 nitrogen and oxygen atoms in total. The Balaban J connectivity index is 2.88. The lowest BCUT2D eigenvalue weighted by molar-refractivity contribution is 0.323. The first kappa shape index (κ1) is 15.1. The summed E-state index contributed by atoms with van der Waals surface area (Å²) >= 11 is 0. The minimum absolute atomic E-state index is 0.421. The third-order valence-corrected chi connectivity index (χ3v) is 2.85. The number of likely N-dealkylation sites (N-methyl/N-ethyl adjacent to an activating group) is 1. The van der Waals surface area contributed by atoms with Crippen LogP contribution in [0.25, 0.3) is 0 Å². The van der Waals surface area contributed by atoms with E-state index in [0.29, 0.717) is 23.8 Å². The number of hydrogen-bond donors (Lipinski definition) is 0. The van der Waals surface area contributed by atoms with E-state index in [2.05, 4.69) is 6.07 Å². The summed E-state index contributed by atoms with van der Waals surface area (Å²) in [7, 11) is 6.70. The average molecular weight is 264 g/mol. The van der Waals surface area contributed by atoms with Crippen molar-refractivity contribution in [1.82, 2.24) is 4.90 Å². The zero-order valence-electron chi connectivity index (χ0n) is 11.9. The van der Waals surface area contributed by atoms with Gasteiger partial charge in [-0.05, 0) is 31.2 Å². The van der Waals surface area contributed by atoms with Gasteiger partial charge in [0.05, 0.1) is 33.9 Å². The Morgan fingerprint density at radius 1 is 1.11 bits per heavy atom. The number of nitrogens with zero attached hydrogens (tertiary/aromatic N) is 2. The molecule has 104 valence electrons. The molecule has 0 N–H and O–H groups in total. The second-order valence-electron chi connectivity index (χ2n) is 4.18. The van der Waals surface area contributed by atoms with Gasteiger partial charge in [0.1, 0.15) is 0 Å². The minimum Gasteiger partial charge on any atom is -0.493 e. The van der Waals surface area contributed by atoms with Crippen molar-refractivity contribution in [2.45, 2.75) is 6.42 Å². The van der Waals surface area contributed by atoms with Crippen molar-refractivity contribution in [1.29, 1.82) is 5.26 Å². The van der Waals surface area contributed by atoms with Gasteiger partial charge >= 0.3 is 0 Å². The van der Waals surface area contributed by atoms with Crippen LogP contribution in [-0.2, 0) is 6.42 Å². The normalized spacial score (nSPS) is 10.1. The van der Waals surface area contributed by atoms with Crippen molar-refractivity contribution >= 4 is 0 Å². The van der Waals surface area contributed by atoms with Crippen LogP contribution in [0.4, 0.5) is 0 Å². The van der Waals surface area contributed by atoms with Gasteiger partial charge in [-0.25, -0.2) is 0 Å². The molecule has 0 saturated heterocycles. The number of rotatable bonds is 7. The van der Waals surface area contributed by atoms with Crippen LogP contribution in [-0.4, -0.2) is 46.4 Å². The summed E-state index contributed by atoms with van der Waals surface area (Å²) in [4.78, 5) is 1.96. The van der Waals surface area contributed by atoms with E-state index in [4.69, 9.17) is 19.5 Å². The van der Waals surface area contributed by atoms with E-state index in [9.17, 15) is 0 Å². The van der Waals surface area contributed by atoms with Gasteiger partial charge in [0, 0.05) is 6.54 Å². The first-order valence-electron chi connectivity index (χ1n) is 6.00. The van der Waals surface area contributed by atoms with Crippen LogP contribution in [0, 0.1) is 11.3 Å². The predicted molar refractivity (Wildman–Crippen MR) is 72.9 cm³/mol. The lowest BCUT2D eigenvalue weighted by Crippen LogP contribution is -2.21. The molecule has 1 rings (SSSR count). The minimum atomic E-state index is 0.421. The van der Waals surface area contributed by atoms with Crippen LogP contribution in [0.5, 0.6) is 17.2 Å². The molecule has 5 heteroatoms. The molecule has 1 aromatic rings. The zero-order valence-corrected chi connectivity index (χ0v) is 11.9.